The normalized spacial score (nSPS) is 22.4. The lowest BCUT2D eigenvalue weighted by Crippen LogP contribution is -2.48. The maximum Gasteiger partial charge on any atom is 0.407 e. The number of carbonyl (C=O) groups is 1. The van der Waals surface area contributed by atoms with Gasteiger partial charge in [-0.15, -0.1) is 0 Å². The van der Waals surface area contributed by atoms with Crippen LogP contribution in [-0.2, 0) is 0 Å². The molecule has 4 nitrogen and oxygen atoms in total. The van der Waals surface area contributed by atoms with Crippen LogP contribution in [0.15, 0.2) is 18.2 Å². The van der Waals surface area contributed by atoms with Crippen LogP contribution >= 0.6 is 22.6 Å². The second kappa shape index (κ2) is 5.98. The maximum atomic E-state index is 13.9. The fourth-order valence-corrected chi connectivity index (χ4v) is 3.31. The average Bonchev–Trinajstić information content (AvgIpc) is 2.76. The molecule has 1 unspecified atom stereocenters. The minimum absolute atomic E-state index is 0.182. The van der Waals surface area contributed by atoms with Crippen molar-refractivity contribution < 1.29 is 19.0 Å². The van der Waals surface area contributed by atoms with E-state index in [2.05, 4.69) is 0 Å². The molecule has 1 aromatic carbocycles. The summed E-state index contributed by atoms with van der Waals surface area (Å²) in [5, 5.41) is 9.32. The SMILES string of the molecule is CC(C)(C)[C@@H]1C(Oc2ccc(I)cc2F)CCN1C(=O)O. The molecule has 0 bridgehead atoms. The van der Waals surface area contributed by atoms with Gasteiger partial charge in [0.25, 0.3) is 0 Å². The Bertz CT molecular complexity index is 544. The van der Waals surface area contributed by atoms with E-state index < -0.39 is 11.9 Å². The van der Waals surface area contributed by atoms with Crippen LogP contribution in [-0.4, -0.2) is 34.8 Å². The highest BCUT2D eigenvalue weighted by Crippen LogP contribution is 2.36. The van der Waals surface area contributed by atoms with Crippen molar-refractivity contribution in [2.75, 3.05) is 6.54 Å². The minimum Gasteiger partial charge on any atom is -0.485 e. The third kappa shape index (κ3) is 3.59. The fourth-order valence-electron chi connectivity index (χ4n) is 2.86. The third-order valence-electron chi connectivity index (χ3n) is 3.65. The maximum absolute atomic E-state index is 13.9. The van der Waals surface area contributed by atoms with Crippen LogP contribution in [0.3, 0.4) is 0 Å². The van der Waals surface area contributed by atoms with Gasteiger partial charge in [0.05, 0.1) is 6.04 Å². The van der Waals surface area contributed by atoms with Crippen molar-refractivity contribution in [3.05, 3.63) is 27.6 Å². The van der Waals surface area contributed by atoms with E-state index in [0.717, 1.165) is 3.57 Å². The van der Waals surface area contributed by atoms with Gasteiger partial charge in [0.15, 0.2) is 11.6 Å². The standard InChI is InChI=1S/C15H19FINO3/c1-15(2,3)13-12(6-7-18(13)14(19)20)21-11-5-4-9(17)8-10(11)16/h4-5,8,12-13H,6-7H2,1-3H3,(H,19,20)/t12?,13-/m0/s1. The molecule has 21 heavy (non-hydrogen) atoms. The summed E-state index contributed by atoms with van der Waals surface area (Å²) in [6.45, 7) is 6.33. The summed E-state index contributed by atoms with van der Waals surface area (Å²) in [5.41, 5.74) is -0.279. The molecule has 1 N–H and O–H groups in total. The quantitative estimate of drug-likeness (QED) is 0.755. The van der Waals surface area contributed by atoms with Crippen molar-refractivity contribution >= 4 is 28.7 Å². The number of benzene rings is 1. The third-order valence-corrected chi connectivity index (χ3v) is 4.32. The van der Waals surface area contributed by atoms with Crippen LogP contribution in [0.4, 0.5) is 9.18 Å². The lowest BCUT2D eigenvalue weighted by atomic mass is 9.84. The van der Waals surface area contributed by atoms with Crippen molar-refractivity contribution in [1.29, 1.82) is 0 Å². The number of halogens is 2. The Morgan fingerprint density at radius 2 is 2.14 bits per heavy atom. The van der Waals surface area contributed by atoms with Gasteiger partial charge < -0.3 is 14.7 Å². The number of nitrogens with zero attached hydrogens (tertiary/aromatic N) is 1. The molecule has 6 heteroatoms. The van der Waals surface area contributed by atoms with E-state index in [9.17, 15) is 14.3 Å². The number of carboxylic acid groups (broad SMARTS) is 1. The molecule has 1 heterocycles. The predicted molar refractivity (Wildman–Crippen MR) is 86.1 cm³/mol. The van der Waals surface area contributed by atoms with Gasteiger partial charge in [-0.1, -0.05) is 20.8 Å². The van der Waals surface area contributed by atoms with Gasteiger partial charge in [-0.25, -0.2) is 9.18 Å². The first-order valence-electron chi connectivity index (χ1n) is 6.81. The lowest BCUT2D eigenvalue weighted by molar-refractivity contribution is 0.0555. The molecule has 2 rings (SSSR count). The summed E-state index contributed by atoms with van der Waals surface area (Å²) in [5.74, 6) is -0.231. The first-order chi connectivity index (χ1) is 9.70. The molecule has 0 radical (unpaired) electrons. The van der Waals surface area contributed by atoms with E-state index in [1.807, 2.05) is 43.4 Å². The smallest absolute Gasteiger partial charge is 0.407 e. The summed E-state index contributed by atoms with van der Waals surface area (Å²) >= 11 is 2.03. The first kappa shape index (κ1) is 16.3. The Morgan fingerprint density at radius 1 is 1.48 bits per heavy atom. The topological polar surface area (TPSA) is 49.8 Å². The van der Waals surface area contributed by atoms with Crippen LogP contribution in [0.1, 0.15) is 27.2 Å². The summed E-state index contributed by atoms with van der Waals surface area (Å²) in [6, 6.07) is 4.48. The molecule has 116 valence electrons. The molecule has 1 saturated heterocycles. The Kier molecular flexibility index (Phi) is 4.65. The molecule has 1 aromatic rings. The molecule has 1 amide bonds. The molecule has 1 aliphatic rings. The van der Waals surface area contributed by atoms with E-state index in [0.29, 0.717) is 13.0 Å². The van der Waals surface area contributed by atoms with Crippen molar-refractivity contribution in [3.63, 3.8) is 0 Å². The van der Waals surface area contributed by atoms with Crippen LogP contribution in [0.5, 0.6) is 5.75 Å². The average molecular weight is 407 g/mol. The largest absolute Gasteiger partial charge is 0.485 e. The van der Waals surface area contributed by atoms with Gasteiger partial charge in [0.2, 0.25) is 0 Å². The van der Waals surface area contributed by atoms with Gasteiger partial charge in [-0.3, -0.25) is 0 Å². The van der Waals surface area contributed by atoms with E-state index in [1.165, 1.54) is 11.0 Å². The van der Waals surface area contributed by atoms with Crippen LogP contribution in [0, 0.1) is 14.8 Å². The van der Waals surface area contributed by atoms with Gasteiger partial charge in [0, 0.05) is 16.5 Å². The van der Waals surface area contributed by atoms with Crippen LogP contribution in [0.2, 0.25) is 0 Å². The molecular weight excluding hydrogens is 388 g/mol. The number of likely N-dealkylation sites (tertiary alicyclic amines) is 1. The Balaban J connectivity index is 2.24. The highest BCUT2D eigenvalue weighted by molar-refractivity contribution is 14.1. The van der Waals surface area contributed by atoms with E-state index in [-0.39, 0.29) is 23.3 Å². The highest BCUT2D eigenvalue weighted by atomic mass is 127. The summed E-state index contributed by atoms with van der Waals surface area (Å²) in [6.07, 6.45) is -0.723. The zero-order chi connectivity index (χ0) is 15.8. The summed E-state index contributed by atoms with van der Waals surface area (Å²) in [7, 11) is 0. The molecule has 2 atom stereocenters. The molecule has 0 aliphatic carbocycles. The van der Waals surface area contributed by atoms with Crippen molar-refractivity contribution in [3.8, 4) is 5.75 Å². The van der Waals surface area contributed by atoms with E-state index in [4.69, 9.17) is 4.74 Å². The zero-order valence-electron chi connectivity index (χ0n) is 12.3. The number of rotatable bonds is 2. The Morgan fingerprint density at radius 3 is 2.67 bits per heavy atom. The van der Waals surface area contributed by atoms with Crippen LogP contribution in [0.25, 0.3) is 0 Å². The van der Waals surface area contributed by atoms with E-state index >= 15 is 0 Å². The van der Waals surface area contributed by atoms with E-state index in [1.54, 1.807) is 12.1 Å². The number of hydrogen-bond acceptors (Lipinski definition) is 2. The zero-order valence-corrected chi connectivity index (χ0v) is 14.4. The van der Waals surface area contributed by atoms with Gasteiger partial charge in [0.1, 0.15) is 6.10 Å². The highest BCUT2D eigenvalue weighted by Gasteiger charge is 2.45. The number of amides is 1. The Labute approximate surface area is 137 Å². The lowest BCUT2D eigenvalue weighted by Gasteiger charge is -2.36. The predicted octanol–water partition coefficient (Wildman–Crippen LogP) is 3.98. The fraction of sp³-hybridized carbons (Fsp3) is 0.533. The van der Waals surface area contributed by atoms with Gasteiger partial charge in [-0.05, 0) is 46.2 Å². The van der Waals surface area contributed by atoms with Gasteiger partial charge >= 0.3 is 6.09 Å². The second-order valence-corrected chi connectivity index (χ2v) is 7.55. The number of hydrogen-bond donors (Lipinski definition) is 1. The summed E-state index contributed by atoms with van der Waals surface area (Å²) < 4.78 is 20.5. The van der Waals surface area contributed by atoms with Crippen molar-refractivity contribution in [2.24, 2.45) is 5.41 Å². The molecule has 0 spiro atoms. The van der Waals surface area contributed by atoms with Crippen LogP contribution < -0.4 is 4.74 Å². The second-order valence-electron chi connectivity index (χ2n) is 6.31. The first-order valence-corrected chi connectivity index (χ1v) is 7.89. The molecule has 0 aromatic heterocycles. The molecular formula is C15H19FINO3. The summed E-state index contributed by atoms with van der Waals surface area (Å²) in [4.78, 5) is 12.8. The minimum atomic E-state index is -0.955. The number of ether oxygens (including phenoxy) is 1. The molecule has 0 saturated carbocycles. The van der Waals surface area contributed by atoms with Crippen molar-refractivity contribution in [1.82, 2.24) is 4.90 Å². The van der Waals surface area contributed by atoms with Crippen molar-refractivity contribution in [2.45, 2.75) is 39.3 Å². The molecule has 1 aliphatic heterocycles. The monoisotopic (exact) mass is 407 g/mol. The Hall–Kier alpha value is -1.05. The van der Waals surface area contributed by atoms with Gasteiger partial charge in [-0.2, -0.15) is 0 Å². The molecule has 1 fully saturated rings.